The molecule has 0 saturated carbocycles. The van der Waals surface area contributed by atoms with E-state index in [1.165, 1.54) is 6.07 Å². The van der Waals surface area contributed by atoms with Gasteiger partial charge in [0, 0.05) is 38.1 Å². The summed E-state index contributed by atoms with van der Waals surface area (Å²) >= 11 is 0. The van der Waals surface area contributed by atoms with Crippen LogP contribution < -0.4 is 10.2 Å². The molecule has 2 aromatic rings. The summed E-state index contributed by atoms with van der Waals surface area (Å²) < 4.78 is 38.1. The first-order valence-electron chi connectivity index (χ1n) is 9.74. The summed E-state index contributed by atoms with van der Waals surface area (Å²) in [6.07, 6.45) is -1.80. The summed E-state index contributed by atoms with van der Waals surface area (Å²) in [4.78, 5) is 20.4. The number of nitrogens with zero attached hydrogens (tertiary/aromatic N) is 3. The Labute approximate surface area is 168 Å². The molecule has 0 unspecified atom stereocenters. The lowest BCUT2D eigenvalue weighted by atomic mass is 10.1. The lowest BCUT2D eigenvalue weighted by Gasteiger charge is -2.22. The van der Waals surface area contributed by atoms with E-state index < -0.39 is 11.7 Å². The Morgan fingerprint density at radius 1 is 1.14 bits per heavy atom. The minimum absolute atomic E-state index is 0.0700. The highest BCUT2D eigenvalue weighted by Crippen LogP contribution is 2.29. The Morgan fingerprint density at radius 2 is 1.97 bits per heavy atom. The van der Waals surface area contributed by atoms with Crippen LogP contribution in [0, 0.1) is 0 Å². The number of aryl methyl sites for hydroxylation is 1. The minimum Gasteiger partial charge on any atom is -0.355 e. The summed E-state index contributed by atoms with van der Waals surface area (Å²) in [6.45, 7) is 5.04. The van der Waals surface area contributed by atoms with Gasteiger partial charge in [-0.05, 0) is 42.7 Å². The Hall–Kier alpha value is -2.61. The Bertz CT molecular complexity index is 823. The zero-order valence-electron chi connectivity index (χ0n) is 16.4. The van der Waals surface area contributed by atoms with Crippen molar-refractivity contribution < 1.29 is 18.0 Å². The van der Waals surface area contributed by atoms with Crippen LogP contribution in [0.2, 0.25) is 0 Å². The predicted molar refractivity (Wildman–Crippen MR) is 107 cm³/mol. The van der Waals surface area contributed by atoms with Crippen LogP contribution in [0.4, 0.5) is 24.7 Å². The van der Waals surface area contributed by atoms with Gasteiger partial charge < -0.3 is 10.2 Å². The van der Waals surface area contributed by atoms with Gasteiger partial charge in [0.25, 0.3) is 0 Å². The van der Waals surface area contributed by atoms with E-state index in [0.717, 1.165) is 42.9 Å². The molecule has 3 rings (SSSR count). The van der Waals surface area contributed by atoms with E-state index in [0.29, 0.717) is 25.5 Å². The van der Waals surface area contributed by atoms with Crippen LogP contribution in [0.15, 0.2) is 42.6 Å². The zero-order valence-corrected chi connectivity index (χ0v) is 16.4. The van der Waals surface area contributed by atoms with E-state index in [4.69, 9.17) is 0 Å². The highest BCUT2D eigenvalue weighted by Gasteiger charge is 2.31. The molecular formula is C21H25F3N4O. The largest absolute Gasteiger partial charge is 0.417 e. The maximum absolute atomic E-state index is 12.7. The number of rotatable bonds is 5. The van der Waals surface area contributed by atoms with Crippen LogP contribution in [-0.4, -0.2) is 48.5 Å². The number of nitrogens with one attached hydrogen (secondary N) is 1. The molecule has 156 valence electrons. The van der Waals surface area contributed by atoms with Crippen molar-refractivity contribution in [2.24, 2.45) is 0 Å². The fourth-order valence-corrected chi connectivity index (χ4v) is 3.37. The number of hydrogen-bond donors (Lipinski definition) is 1. The molecule has 1 N–H and O–H groups in total. The molecule has 1 aromatic carbocycles. The number of carbonyl (C=O) groups excluding carboxylic acids is 1. The molecule has 2 heterocycles. The first-order chi connectivity index (χ1) is 13.8. The smallest absolute Gasteiger partial charge is 0.355 e. The number of amides is 1. The van der Waals surface area contributed by atoms with E-state index in [2.05, 4.69) is 22.1 Å². The fourth-order valence-electron chi connectivity index (χ4n) is 3.37. The third-order valence-electron chi connectivity index (χ3n) is 4.97. The van der Waals surface area contributed by atoms with Gasteiger partial charge in [0.05, 0.1) is 12.1 Å². The average molecular weight is 406 g/mol. The normalized spacial score (nSPS) is 15.8. The van der Waals surface area contributed by atoms with Crippen molar-refractivity contribution in [3.8, 4) is 0 Å². The summed E-state index contributed by atoms with van der Waals surface area (Å²) in [6, 6.07) is 10.3. The van der Waals surface area contributed by atoms with Crippen molar-refractivity contribution in [1.82, 2.24) is 9.88 Å². The molecule has 1 amide bonds. The van der Waals surface area contributed by atoms with Crippen LogP contribution in [0.5, 0.6) is 0 Å². The first kappa shape index (κ1) is 21.1. The Morgan fingerprint density at radius 3 is 2.66 bits per heavy atom. The second-order valence-electron chi connectivity index (χ2n) is 7.12. The van der Waals surface area contributed by atoms with Crippen LogP contribution in [-0.2, 0) is 17.4 Å². The van der Waals surface area contributed by atoms with Gasteiger partial charge in [0.1, 0.15) is 5.82 Å². The lowest BCUT2D eigenvalue weighted by Crippen LogP contribution is -2.36. The van der Waals surface area contributed by atoms with Crippen LogP contribution in [0.3, 0.4) is 0 Å². The molecular weight excluding hydrogens is 381 g/mol. The van der Waals surface area contributed by atoms with Crippen LogP contribution in [0.25, 0.3) is 0 Å². The number of pyridine rings is 1. The maximum Gasteiger partial charge on any atom is 0.417 e. The SMILES string of the molecule is CCc1cccc(NC(=O)CN2CCCN(c3ccc(C(F)(F)F)cn3)CC2)c1. The minimum atomic E-state index is -4.38. The molecule has 0 aliphatic carbocycles. The van der Waals surface area contributed by atoms with Gasteiger partial charge in [-0.1, -0.05) is 19.1 Å². The predicted octanol–water partition coefficient (Wildman–Crippen LogP) is 3.81. The first-order valence-corrected chi connectivity index (χ1v) is 9.74. The zero-order chi connectivity index (χ0) is 20.9. The molecule has 0 spiro atoms. The number of benzene rings is 1. The number of carbonyl (C=O) groups is 1. The standard InChI is InChI=1S/C21H25F3N4O/c1-2-16-5-3-6-18(13-16)26-20(29)15-27-9-4-10-28(12-11-27)19-8-7-17(14-25-19)21(22,23)24/h3,5-8,13-14H,2,4,9-12,15H2,1H3,(H,26,29). The van der Waals surface area contributed by atoms with Crippen molar-refractivity contribution in [2.45, 2.75) is 25.9 Å². The second kappa shape index (κ2) is 9.26. The molecule has 1 aliphatic heterocycles. The molecule has 0 bridgehead atoms. The van der Waals surface area contributed by atoms with Gasteiger partial charge in [-0.2, -0.15) is 13.2 Å². The quantitative estimate of drug-likeness (QED) is 0.820. The molecule has 1 fully saturated rings. The highest BCUT2D eigenvalue weighted by atomic mass is 19.4. The van der Waals surface area contributed by atoms with Crippen molar-refractivity contribution in [3.63, 3.8) is 0 Å². The topological polar surface area (TPSA) is 48.5 Å². The van der Waals surface area contributed by atoms with E-state index in [1.807, 2.05) is 29.2 Å². The lowest BCUT2D eigenvalue weighted by molar-refractivity contribution is -0.137. The molecule has 5 nitrogen and oxygen atoms in total. The van der Waals surface area contributed by atoms with Gasteiger partial charge in [0.15, 0.2) is 0 Å². The molecule has 1 saturated heterocycles. The summed E-state index contributed by atoms with van der Waals surface area (Å²) in [5, 5.41) is 2.93. The van der Waals surface area contributed by atoms with Crippen molar-refractivity contribution in [3.05, 3.63) is 53.7 Å². The summed E-state index contributed by atoms with van der Waals surface area (Å²) in [7, 11) is 0. The number of halogens is 3. The molecule has 0 radical (unpaired) electrons. The Kier molecular flexibility index (Phi) is 6.74. The van der Waals surface area contributed by atoms with Gasteiger partial charge in [-0.25, -0.2) is 4.98 Å². The van der Waals surface area contributed by atoms with Crippen LogP contribution in [0.1, 0.15) is 24.5 Å². The number of hydrogen-bond acceptors (Lipinski definition) is 4. The van der Waals surface area contributed by atoms with E-state index in [9.17, 15) is 18.0 Å². The third-order valence-corrected chi connectivity index (χ3v) is 4.97. The third kappa shape index (κ3) is 5.93. The number of aromatic nitrogens is 1. The van der Waals surface area contributed by atoms with Crippen molar-refractivity contribution in [1.29, 1.82) is 0 Å². The molecule has 1 aliphatic rings. The molecule has 1 aromatic heterocycles. The van der Waals surface area contributed by atoms with Gasteiger partial charge in [-0.15, -0.1) is 0 Å². The fraction of sp³-hybridized carbons (Fsp3) is 0.429. The van der Waals surface area contributed by atoms with Gasteiger partial charge in [0.2, 0.25) is 5.91 Å². The summed E-state index contributed by atoms with van der Waals surface area (Å²) in [5.74, 6) is 0.458. The Balaban J connectivity index is 1.53. The average Bonchev–Trinajstić information content (AvgIpc) is 2.93. The maximum atomic E-state index is 12.7. The van der Waals surface area contributed by atoms with Crippen molar-refractivity contribution >= 4 is 17.4 Å². The number of anilines is 2. The van der Waals surface area contributed by atoms with E-state index in [-0.39, 0.29) is 12.5 Å². The van der Waals surface area contributed by atoms with Gasteiger partial charge >= 0.3 is 6.18 Å². The van der Waals surface area contributed by atoms with E-state index in [1.54, 1.807) is 0 Å². The number of alkyl halides is 3. The van der Waals surface area contributed by atoms with E-state index >= 15 is 0 Å². The van der Waals surface area contributed by atoms with Gasteiger partial charge in [-0.3, -0.25) is 9.69 Å². The monoisotopic (exact) mass is 406 g/mol. The molecule has 0 atom stereocenters. The molecule has 8 heteroatoms. The second-order valence-corrected chi connectivity index (χ2v) is 7.12. The van der Waals surface area contributed by atoms with Crippen LogP contribution >= 0.6 is 0 Å². The molecule has 29 heavy (non-hydrogen) atoms. The summed E-state index contributed by atoms with van der Waals surface area (Å²) in [5.41, 5.74) is 1.21. The van der Waals surface area contributed by atoms with Crippen molar-refractivity contribution in [2.75, 3.05) is 42.9 Å². The highest BCUT2D eigenvalue weighted by molar-refractivity contribution is 5.92.